The van der Waals surface area contributed by atoms with Crippen molar-refractivity contribution in [1.29, 1.82) is 0 Å². The van der Waals surface area contributed by atoms with Crippen molar-refractivity contribution in [3.8, 4) is 11.1 Å². The van der Waals surface area contributed by atoms with Crippen LogP contribution in [0.2, 0.25) is 0 Å². The monoisotopic (exact) mass is 609 g/mol. The lowest BCUT2D eigenvalue weighted by Gasteiger charge is -2.44. The first kappa shape index (κ1) is 30.5. The van der Waals surface area contributed by atoms with E-state index in [1.165, 1.54) is 55.8 Å². The number of benzene rings is 5. The first-order valence-electron chi connectivity index (χ1n) is 17.0. The van der Waals surface area contributed by atoms with Gasteiger partial charge in [-0.1, -0.05) is 163 Å². The second-order valence-electron chi connectivity index (χ2n) is 12.8. The first-order chi connectivity index (χ1) is 23.2. The van der Waals surface area contributed by atoms with Gasteiger partial charge in [-0.25, -0.2) is 0 Å². The molecule has 1 heteroatoms. The molecular weight excluding hydrogens is 567 g/mol. The van der Waals surface area contributed by atoms with E-state index in [-0.39, 0.29) is 11.5 Å². The molecule has 0 amide bonds. The molecule has 5 aromatic carbocycles. The van der Waals surface area contributed by atoms with Gasteiger partial charge in [-0.05, 0) is 89.3 Å². The van der Waals surface area contributed by atoms with E-state index in [1.54, 1.807) is 0 Å². The van der Waals surface area contributed by atoms with Crippen LogP contribution in [0.4, 0.5) is 5.69 Å². The Bertz CT molecular complexity index is 1890. The molecule has 1 nitrogen and oxygen atoms in total. The number of hydrogen-bond donors (Lipinski definition) is 0. The number of allylic oxidation sites excluding steroid dienone is 7. The number of hydrogen-bond acceptors (Lipinski definition) is 1. The smallest absolute Gasteiger partial charge is 0.0758 e. The molecule has 0 radical (unpaired) electrons. The van der Waals surface area contributed by atoms with Gasteiger partial charge >= 0.3 is 0 Å². The van der Waals surface area contributed by atoms with Crippen molar-refractivity contribution < 1.29 is 0 Å². The SMILES string of the molecule is CC1=C(C(c2ccccc2)N(C)c2cccc(-c3ccccc3)c2)CCC=C1C(C1=CC=CCC1)(c1ccccc1)c1ccccc1. The third-order valence-corrected chi connectivity index (χ3v) is 10.2. The minimum Gasteiger partial charge on any atom is -0.364 e. The third-order valence-electron chi connectivity index (χ3n) is 10.2. The quantitative estimate of drug-likeness (QED) is 0.161. The van der Waals surface area contributed by atoms with Gasteiger partial charge in [0.15, 0.2) is 0 Å². The van der Waals surface area contributed by atoms with Crippen LogP contribution in [0.5, 0.6) is 0 Å². The summed E-state index contributed by atoms with van der Waals surface area (Å²) >= 11 is 0. The van der Waals surface area contributed by atoms with E-state index >= 15 is 0 Å². The fourth-order valence-corrected chi connectivity index (χ4v) is 7.95. The Morgan fingerprint density at radius 2 is 1.21 bits per heavy atom. The molecule has 0 heterocycles. The summed E-state index contributed by atoms with van der Waals surface area (Å²) in [5, 5.41) is 0. The number of anilines is 1. The maximum atomic E-state index is 2.55. The zero-order chi connectivity index (χ0) is 32.1. The molecule has 0 fully saturated rings. The molecule has 0 aromatic heterocycles. The molecule has 0 saturated heterocycles. The van der Waals surface area contributed by atoms with Crippen molar-refractivity contribution in [3.63, 3.8) is 0 Å². The van der Waals surface area contributed by atoms with E-state index in [1.807, 2.05) is 0 Å². The normalized spacial score (nSPS) is 15.5. The molecule has 0 spiro atoms. The molecular formula is C46H43N. The van der Waals surface area contributed by atoms with Crippen LogP contribution in [0.3, 0.4) is 0 Å². The van der Waals surface area contributed by atoms with Crippen LogP contribution in [-0.4, -0.2) is 7.05 Å². The zero-order valence-electron chi connectivity index (χ0n) is 27.5. The van der Waals surface area contributed by atoms with Gasteiger partial charge in [-0.15, -0.1) is 0 Å². The van der Waals surface area contributed by atoms with Gasteiger partial charge < -0.3 is 4.90 Å². The fraction of sp³-hybridized carbons (Fsp3) is 0.174. The Labute approximate surface area is 280 Å². The van der Waals surface area contributed by atoms with Crippen LogP contribution < -0.4 is 4.90 Å². The predicted octanol–water partition coefficient (Wildman–Crippen LogP) is 11.8. The minimum absolute atomic E-state index is 0.0930. The van der Waals surface area contributed by atoms with E-state index in [4.69, 9.17) is 0 Å². The summed E-state index contributed by atoms with van der Waals surface area (Å²) in [4.78, 5) is 2.50. The summed E-state index contributed by atoms with van der Waals surface area (Å²) in [6, 6.07) is 53.4. The van der Waals surface area contributed by atoms with E-state index in [9.17, 15) is 0 Å². The lowest BCUT2D eigenvalue weighted by molar-refractivity contribution is 0.636. The molecule has 7 rings (SSSR count). The van der Waals surface area contributed by atoms with Crippen LogP contribution in [-0.2, 0) is 5.41 Å². The molecule has 0 aliphatic heterocycles. The van der Waals surface area contributed by atoms with Crippen LogP contribution in [0.1, 0.15) is 55.3 Å². The number of nitrogens with zero attached hydrogens (tertiary/aromatic N) is 1. The van der Waals surface area contributed by atoms with Crippen LogP contribution >= 0.6 is 0 Å². The highest BCUT2D eigenvalue weighted by atomic mass is 15.1. The third kappa shape index (κ3) is 5.83. The van der Waals surface area contributed by atoms with E-state index in [0.29, 0.717) is 0 Å². The van der Waals surface area contributed by atoms with Crippen molar-refractivity contribution in [2.75, 3.05) is 11.9 Å². The zero-order valence-corrected chi connectivity index (χ0v) is 27.5. The summed E-state index contributed by atoms with van der Waals surface area (Å²) in [6.45, 7) is 2.39. The van der Waals surface area contributed by atoms with E-state index in [2.05, 4.69) is 189 Å². The standard InChI is InChI=1S/C46H43N/c1-35-43(45(37-22-10-4-11-23-37)47(2)42-31-18-24-38(34-42)36-20-8-3-9-21-36)32-19-33-44(35)46(39-25-12-5-13-26-39,40-27-14-6-15-28-40)41-29-16-7-17-30-41/h3-16,18,20-29,31,33-34,45H,17,19,30,32H2,1-2H3. The maximum Gasteiger partial charge on any atom is 0.0758 e. The van der Waals surface area contributed by atoms with Gasteiger partial charge in [0.25, 0.3) is 0 Å². The molecule has 2 aliphatic carbocycles. The van der Waals surface area contributed by atoms with Crippen molar-refractivity contribution in [1.82, 2.24) is 0 Å². The Balaban J connectivity index is 1.43. The highest BCUT2D eigenvalue weighted by Gasteiger charge is 2.43. The van der Waals surface area contributed by atoms with Crippen LogP contribution in [0.15, 0.2) is 192 Å². The largest absolute Gasteiger partial charge is 0.364 e. The molecule has 2 aliphatic rings. The Morgan fingerprint density at radius 1 is 0.617 bits per heavy atom. The van der Waals surface area contributed by atoms with Crippen molar-refractivity contribution in [2.45, 2.75) is 44.1 Å². The lowest BCUT2D eigenvalue weighted by Crippen LogP contribution is -2.36. The fourth-order valence-electron chi connectivity index (χ4n) is 7.95. The summed E-state index contributed by atoms with van der Waals surface area (Å²) in [5.41, 5.74) is 13.1. The summed E-state index contributed by atoms with van der Waals surface area (Å²) in [6.07, 6.45) is 13.6. The molecule has 0 N–H and O–H groups in total. The Hall–Kier alpha value is -5.14. The average molecular weight is 610 g/mol. The second kappa shape index (κ2) is 13.7. The van der Waals surface area contributed by atoms with E-state index < -0.39 is 0 Å². The van der Waals surface area contributed by atoms with Gasteiger partial charge in [0.2, 0.25) is 0 Å². The van der Waals surface area contributed by atoms with Crippen molar-refractivity contribution >= 4 is 5.69 Å². The minimum atomic E-state index is -0.379. The summed E-state index contributed by atoms with van der Waals surface area (Å²) < 4.78 is 0. The molecule has 0 saturated carbocycles. The Kier molecular flexibility index (Phi) is 8.89. The number of rotatable bonds is 9. The highest BCUT2D eigenvalue weighted by Crippen LogP contribution is 2.53. The highest BCUT2D eigenvalue weighted by molar-refractivity contribution is 5.70. The predicted molar refractivity (Wildman–Crippen MR) is 200 cm³/mol. The molecule has 1 atom stereocenters. The summed E-state index contributed by atoms with van der Waals surface area (Å²) in [5.74, 6) is 0. The van der Waals surface area contributed by atoms with Crippen LogP contribution in [0, 0.1) is 0 Å². The molecule has 47 heavy (non-hydrogen) atoms. The maximum absolute atomic E-state index is 2.55. The lowest BCUT2D eigenvalue weighted by atomic mass is 9.59. The Morgan fingerprint density at radius 3 is 1.83 bits per heavy atom. The van der Waals surface area contributed by atoms with Gasteiger partial charge in [0, 0.05) is 12.7 Å². The van der Waals surface area contributed by atoms with Gasteiger partial charge in [-0.3, -0.25) is 0 Å². The topological polar surface area (TPSA) is 3.24 Å². The molecule has 1 unspecified atom stereocenters. The van der Waals surface area contributed by atoms with Crippen LogP contribution in [0.25, 0.3) is 11.1 Å². The van der Waals surface area contributed by atoms with Gasteiger partial charge in [-0.2, -0.15) is 0 Å². The van der Waals surface area contributed by atoms with Gasteiger partial charge in [0.1, 0.15) is 0 Å². The second-order valence-corrected chi connectivity index (χ2v) is 12.8. The van der Waals surface area contributed by atoms with Crippen molar-refractivity contribution in [3.05, 3.63) is 209 Å². The molecule has 5 aromatic rings. The van der Waals surface area contributed by atoms with Gasteiger partial charge in [0.05, 0.1) is 11.5 Å². The van der Waals surface area contributed by atoms with E-state index in [0.717, 1.165) is 25.7 Å². The average Bonchev–Trinajstić information content (AvgIpc) is 3.15. The summed E-state index contributed by atoms with van der Waals surface area (Å²) in [7, 11) is 2.27. The molecule has 232 valence electrons. The van der Waals surface area contributed by atoms with Crippen molar-refractivity contribution in [2.24, 2.45) is 0 Å². The number of likely N-dealkylation sites (N-methyl/N-ethyl adjacent to an activating group) is 1. The molecule has 0 bridgehead atoms. The first-order valence-corrected chi connectivity index (χ1v) is 17.0.